The molecule has 1 fully saturated rings. The third-order valence-corrected chi connectivity index (χ3v) is 3.81. The number of hydrogen-bond acceptors (Lipinski definition) is 2. The third kappa shape index (κ3) is 3.22. The minimum Gasteiger partial charge on any atom is -0.508 e. The first-order valence-electron chi connectivity index (χ1n) is 6.54. The number of aromatic hydroxyl groups is 1. The van der Waals surface area contributed by atoms with Gasteiger partial charge in [0.1, 0.15) is 5.75 Å². The van der Waals surface area contributed by atoms with Gasteiger partial charge in [-0.1, -0.05) is 26.0 Å². The summed E-state index contributed by atoms with van der Waals surface area (Å²) >= 11 is 0. The Morgan fingerprint density at radius 1 is 1.18 bits per heavy atom. The van der Waals surface area contributed by atoms with Crippen molar-refractivity contribution in [3.63, 3.8) is 0 Å². The van der Waals surface area contributed by atoms with Crippen molar-refractivity contribution in [2.75, 3.05) is 0 Å². The highest BCUT2D eigenvalue weighted by Crippen LogP contribution is 2.36. The van der Waals surface area contributed by atoms with E-state index in [0.29, 0.717) is 5.75 Å². The highest BCUT2D eigenvalue weighted by atomic mass is 16.3. The van der Waals surface area contributed by atoms with Gasteiger partial charge in [0, 0.05) is 5.54 Å². The molecule has 1 aromatic carbocycles. The molecule has 0 saturated heterocycles. The summed E-state index contributed by atoms with van der Waals surface area (Å²) in [5.74, 6) is 1.77. The summed E-state index contributed by atoms with van der Waals surface area (Å²) in [5.41, 5.74) is 7.71. The zero-order valence-electron chi connectivity index (χ0n) is 10.8. The minimum absolute atomic E-state index is 0.0615. The topological polar surface area (TPSA) is 46.2 Å². The molecule has 1 saturated carbocycles. The Kier molecular flexibility index (Phi) is 3.43. The van der Waals surface area contributed by atoms with E-state index in [-0.39, 0.29) is 5.54 Å². The second kappa shape index (κ2) is 4.69. The van der Waals surface area contributed by atoms with Crippen LogP contribution >= 0.6 is 0 Å². The molecule has 2 unspecified atom stereocenters. The number of rotatable bonds is 2. The van der Waals surface area contributed by atoms with Crippen LogP contribution in [0.3, 0.4) is 0 Å². The van der Waals surface area contributed by atoms with Crippen molar-refractivity contribution in [3.8, 4) is 5.75 Å². The Labute approximate surface area is 104 Å². The molecule has 17 heavy (non-hydrogen) atoms. The van der Waals surface area contributed by atoms with Crippen LogP contribution in [0.2, 0.25) is 0 Å². The maximum Gasteiger partial charge on any atom is 0.115 e. The maximum absolute atomic E-state index is 9.28. The van der Waals surface area contributed by atoms with E-state index in [0.717, 1.165) is 31.1 Å². The molecule has 1 aliphatic rings. The van der Waals surface area contributed by atoms with Crippen LogP contribution in [0.1, 0.15) is 38.7 Å². The van der Waals surface area contributed by atoms with Gasteiger partial charge in [-0.05, 0) is 55.2 Å². The summed E-state index contributed by atoms with van der Waals surface area (Å²) < 4.78 is 0. The Morgan fingerprint density at radius 3 is 2.24 bits per heavy atom. The lowest BCUT2D eigenvalue weighted by Gasteiger charge is -2.40. The van der Waals surface area contributed by atoms with Crippen LogP contribution in [-0.4, -0.2) is 10.6 Å². The van der Waals surface area contributed by atoms with Crippen molar-refractivity contribution < 1.29 is 5.11 Å². The normalized spacial score (nSPS) is 33.6. The lowest BCUT2D eigenvalue weighted by Crippen LogP contribution is -2.48. The molecule has 3 N–H and O–H groups in total. The van der Waals surface area contributed by atoms with Crippen molar-refractivity contribution in [1.29, 1.82) is 0 Å². The first kappa shape index (κ1) is 12.4. The molecule has 0 aliphatic heterocycles. The van der Waals surface area contributed by atoms with Gasteiger partial charge in [0.25, 0.3) is 0 Å². The monoisotopic (exact) mass is 233 g/mol. The standard InChI is InChI=1S/C15H23NO/c1-11-7-12(2)9-15(16,8-11)10-13-3-5-14(17)6-4-13/h3-6,11-12,17H,7-10,16H2,1-2H3. The van der Waals surface area contributed by atoms with Gasteiger partial charge in [0.2, 0.25) is 0 Å². The largest absolute Gasteiger partial charge is 0.508 e. The van der Waals surface area contributed by atoms with Crippen LogP contribution in [-0.2, 0) is 6.42 Å². The lowest BCUT2D eigenvalue weighted by molar-refractivity contribution is 0.182. The Morgan fingerprint density at radius 2 is 1.71 bits per heavy atom. The van der Waals surface area contributed by atoms with Gasteiger partial charge in [-0.2, -0.15) is 0 Å². The fourth-order valence-electron chi connectivity index (χ4n) is 3.49. The quantitative estimate of drug-likeness (QED) is 0.824. The van der Waals surface area contributed by atoms with Crippen LogP contribution in [0, 0.1) is 11.8 Å². The number of hydrogen-bond donors (Lipinski definition) is 2. The Hall–Kier alpha value is -1.02. The number of benzene rings is 1. The first-order chi connectivity index (χ1) is 7.97. The number of nitrogens with two attached hydrogens (primary N) is 1. The van der Waals surface area contributed by atoms with E-state index in [1.165, 1.54) is 12.0 Å². The van der Waals surface area contributed by atoms with Crippen LogP contribution in [0.5, 0.6) is 5.75 Å². The second-order valence-electron chi connectivity index (χ2n) is 6.06. The fourth-order valence-corrected chi connectivity index (χ4v) is 3.49. The molecule has 2 heteroatoms. The Bertz CT molecular complexity index is 361. The summed E-state index contributed by atoms with van der Waals surface area (Å²) in [6.45, 7) is 4.60. The molecule has 0 radical (unpaired) electrons. The van der Waals surface area contributed by atoms with E-state index in [1.54, 1.807) is 12.1 Å². The van der Waals surface area contributed by atoms with E-state index < -0.39 is 0 Å². The van der Waals surface area contributed by atoms with E-state index in [9.17, 15) is 5.11 Å². The predicted molar refractivity (Wildman–Crippen MR) is 70.9 cm³/mol. The number of phenolic OH excluding ortho intramolecular Hbond substituents is 1. The zero-order valence-corrected chi connectivity index (χ0v) is 10.8. The molecule has 1 aliphatic carbocycles. The van der Waals surface area contributed by atoms with E-state index in [2.05, 4.69) is 13.8 Å². The molecule has 2 rings (SSSR count). The van der Waals surface area contributed by atoms with Crippen LogP contribution in [0.4, 0.5) is 0 Å². The highest BCUT2D eigenvalue weighted by Gasteiger charge is 2.34. The van der Waals surface area contributed by atoms with Gasteiger partial charge < -0.3 is 10.8 Å². The van der Waals surface area contributed by atoms with Crippen molar-refractivity contribution in [1.82, 2.24) is 0 Å². The molecule has 0 heterocycles. The van der Waals surface area contributed by atoms with Gasteiger partial charge in [0.05, 0.1) is 0 Å². The summed E-state index contributed by atoms with van der Waals surface area (Å²) in [7, 11) is 0. The van der Waals surface area contributed by atoms with Gasteiger partial charge >= 0.3 is 0 Å². The summed E-state index contributed by atoms with van der Waals surface area (Å²) in [5, 5.41) is 9.28. The molecule has 0 spiro atoms. The smallest absolute Gasteiger partial charge is 0.115 e. The van der Waals surface area contributed by atoms with Crippen LogP contribution < -0.4 is 5.73 Å². The van der Waals surface area contributed by atoms with Gasteiger partial charge in [-0.25, -0.2) is 0 Å². The highest BCUT2D eigenvalue weighted by molar-refractivity contribution is 5.27. The molecule has 0 amide bonds. The fraction of sp³-hybridized carbons (Fsp3) is 0.600. The molecule has 0 bridgehead atoms. The Balaban J connectivity index is 2.08. The van der Waals surface area contributed by atoms with Crippen LogP contribution in [0.25, 0.3) is 0 Å². The lowest BCUT2D eigenvalue weighted by atomic mass is 9.70. The molecular weight excluding hydrogens is 210 g/mol. The van der Waals surface area contributed by atoms with Gasteiger partial charge in [0.15, 0.2) is 0 Å². The van der Waals surface area contributed by atoms with Crippen LogP contribution in [0.15, 0.2) is 24.3 Å². The average molecular weight is 233 g/mol. The molecule has 1 aromatic rings. The molecule has 2 nitrogen and oxygen atoms in total. The zero-order chi connectivity index (χ0) is 12.5. The molecule has 94 valence electrons. The predicted octanol–water partition coefficient (Wildman–Crippen LogP) is 3.09. The van der Waals surface area contributed by atoms with E-state index in [4.69, 9.17) is 5.73 Å². The van der Waals surface area contributed by atoms with E-state index in [1.807, 2.05) is 12.1 Å². The molecule has 2 atom stereocenters. The van der Waals surface area contributed by atoms with Gasteiger partial charge in [-0.15, -0.1) is 0 Å². The van der Waals surface area contributed by atoms with Gasteiger partial charge in [-0.3, -0.25) is 0 Å². The summed E-state index contributed by atoms with van der Waals surface area (Å²) in [4.78, 5) is 0. The molecule has 0 aromatic heterocycles. The van der Waals surface area contributed by atoms with E-state index >= 15 is 0 Å². The van der Waals surface area contributed by atoms with Crippen molar-refractivity contribution >= 4 is 0 Å². The second-order valence-corrected chi connectivity index (χ2v) is 6.06. The first-order valence-corrected chi connectivity index (χ1v) is 6.54. The third-order valence-electron chi connectivity index (χ3n) is 3.81. The maximum atomic E-state index is 9.28. The van der Waals surface area contributed by atoms with Crippen molar-refractivity contribution in [3.05, 3.63) is 29.8 Å². The summed E-state index contributed by atoms with van der Waals surface area (Å²) in [6, 6.07) is 7.45. The SMILES string of the molecule is CC1CC(C)CC(N)(Cc2ccc(O)cc2)C1. The number of phenols is 1. The van der Waals surface area contributed by atoms with Crippen molar-refractivity contribution in [2.45, 2.75) is 45.1 Å². The minimum atomic E-state index is -0.0615. The summed E-state index contributed by atoms with van der Waals surface area (Å²) in [6.07, 6.45) is 4.44. The molecular formula is C15H23NO. The van der Waals surface area contributed by atoms with Crippen molar-refractivity contribution in [2.24, 2.45) is 17.6 Å². The average Bonchev–Trinajstić information content (AvgIpc) is 2.19.